The Bertz CT molecular complexity index is 1180. The average Bonchev–Trinajstić information content (AvgIpc) is 3.33. The molecule has 0 N–H and O–H groups in total. The van der Waals surface area contributed by atoms with Gasteiger partial charge in [-0.3, -0.25) is 9.36 Å². The summed E-state index contributed by atoms with van der Waals surface area (Å²) >= 11 is 0. The minimum atomic E-state index is -0.276. The van der Waals surface area contributed by atoms with Crippen LogP contribution in [-0.4, -0.2) is 17.5 Å². The van der Waals surface area contributed by atoms with Gasteiger partial charge in [-0.05, 0) is 42.0 Å². The number of hydrogen-bond donors (Lipinski definition) is 0. The molecule has 132 valence electrons. The van der Waals surface area contributed by atoms with Crippen LogP contribution in [0.3, 0.4) is 0 Å². The molecule has 0 unspecified atom stereocenters. The van der Waals surface area contributed by atoms with E-state index >= 15 is 0 Å². The minimum absolute atomic E-state index is 0.237. The fraction of sp³-hybridized carbons (Fsp3) is 0.0909. The van der Waals surface area contributed by atoms with E-state index in [0.29, 0.717) is 11.6 Å². The zero-order valence-corrected chi connectivity index (χ0v) is 15.0. The van der Waals surface area contributed by atoms with Crippen molar-refractivity contribution >= 4 is 22.4 Å². The molecular weight excluding hydrogens is 338 g/mol. The SMILES string of the molecule is Cc1oc(-n2cccc2)c(C#N)c1C(=O)N(C)c1ccc2ccccc2c1. The van der Waals surface area contributed by atoms with E-state index in [1.807, 2.05) is 54.6 Å². The van der Waals surface area contributed by atoms with Crippen molar-refractivity contribution in [2.75, 3.05) is 11.9 Å². The van der Waals surface area contributed by atoms with Gasteiger partial charge in [0.05, 0.1) is 0 Å². The van der Waals surface area contributed by atoms with Gasteiger partial charge < -0.3 is 9.32 Å². The third-order valence-corrected chi connectivity index (χ3v) is 4.66. The first-order chi connectivity index (χ1) is 13.1. The molecule has 5 nitrogen and oxygen atoms in total. The topological polar surface area (TPSA) is 62.2 Å². The van der Waals surface area contributed by atoms with Crippen LogP contribution in [0.1, 0.15) is 21.7 Å². The molecule has 0 radical (unpaired) electrons. The van der Waals surface area contributed by atoms with Crippen molar-refractivity contribution in [1.82, 2.24) is 4.57 Å². The summed E-state index contributed by atoms with van der Waals surface area (Å²) in [6.45, 7) is 1.70. The number of anilines is 1. The van der Waals surface area contributed by atoms with Crippen molar-refractivity contribution < 1.29 is 9.21 Å². The molecular formula is C22H17N3O2. The van der Waals surface area contributed by atoms with E-state index in [4.69, 9.17) is 4.42 Å². The molecule has 27 heavy (non-hydrogen) atoms. The van der Waals surface area contributed by atoms with Gasteiger partial charge in [-0.1, -0.05) is 30.3 Å². The standard InChI is InChI=1S/C22H17N3O2/c1-15-20(19(14-23)22(27-15)25-11-5-6-12-25)21(26)24(2)18-10-9-16-7-3-4-8-17(16)13-18/h3-13H,1-2H3. The number of carbonyl (C=O) groups excluding carboxylic acids is 1. The largest absolute Gasteiger partial charge is 0.443 e. The van der Waals surface area contributed by atoms with Crippen LogP contribution in [0.15, 0.2) is 71.4 Å². The molecule has 0 atom stereocenters. The summed E-state index contributed by atoms with van der Waals surface area (Å²) in [6.07, 6.45) is 3.56. The average molecular weight is 355 g/mol. The molecule has 0 bridgehead atoms. The smallest absolute Gasteiger partial charge is 0.262 e. The van der Waals surface area contributed by atoms with Crippen molar-refractivity contribution in [3.05, 3.63) is 83.9 Å². The van der Waals surface area contributed by atoms with Crippen molar-refractivity contribution in [3.63, 3.8) is 0 Å². The summed E-state index contributed by atoms with van der Waals surface area (Å²) in [5, 5.41) is 11.8. The van der Waals surface area contributed by atoms with E-state index in [1.54, 1.807) is 35.8 Å². The first-order valence-electron chi connectivity index (χ1n) is 8.54. The van der Waals surface area contributed by atoms with Crippen LogP contribution in [0.5, 0.6) is 0 Å². The van der Waals surface area contributed by atoms with E-state index in [9.17, 15) is 10.1 Å². The molecule has 2 heterocycles. The number of hydrogen-bond acceptors (Lipinski definition) is 3. The third-order valence-electron chi connectivity index (χ3n) is 4.66. The number of benzene rings is 2. The Balaban J connectivity index is 1.77. The second kappa shape index (κ2) is 6.50. The Kier molecular flexibility index (Phi) is 4.02. The first kappa shape index (κ1) is 16.7. The molecule has 2 aromatic heterocycles. The third kappa shape index (κ3) is 2.77. The molecule has 0 saturated heterocycles. The lowest BCUT2D eigenvalue weighted by Crippen LogP contribution is -2.27. The van der Waals surface area contributed by atoms with Crippen molar-refractivity contribution in [3.8, 4) is 12.0 Å². The van der Waals surface area contributed by atoms with Gasteiger partial charge in [0.25, 0.3) is 5.91 Å². The predicted octanol–water partition coefficient (Wildman–Crippen LogP) is 4.68. The lowest BCUT2D eigenvalue weighted by molar-refractivity contribution is 0.0991. The molecule has 0 fully saturated rings. The molecule has 5 heteroatoms. The van der Waals surface area contributed by atoms with Gasteiger partial charge >= 0.3 is 0 Å². The van der Waals surface area contributed by atoms with E-state index in [-0.39, 0.29) is 17.0 Å². The maximum atomic E-state index is 13.2. The van der Waals surface area contributed by atoms with Crippen LogP contribution in [0.2, 0.25) is 0 Å². The van der Waals surface area contributed by atoms with E-state index in [2.05, 4.69) is 6.07 Å². The number of nitrogens with zero attached hydrogens (tertiary/aromatic N) is 3. The molecule has 0 aliphatic carbocycles. The van der Waals surface area contributed by atoms with Gasteiger partial charge in [0, 0.05) is 25.1 Å². The van der Waals surface area contributed by atoms with Crippen molar-refractivity contribution in [1.29, 1.82) is 5.26 Å². The van der Waals surface area contributed by atoms with Gasteiger partial charge in [0.15, 0.2) is 0 Å². The van der Waals surface area contributed by atoms with Gasteiger partial charge in [-0.15, -0.1) is 0 Å². The summed E-state index contributed by atoms with van der Waals surface area (Å²) in [5.74, 6) is 0.504. The minimum Gasteiger partial charge on any atom is -0.443 e. The Morgan fingerprint density at radius 2 is 1.78 bits per heavy atom. The highest BCUT2D eigenvalue weighted by molar-refractivity contribution is 6.09. The number of aromatic nitrogens is 1. The van der Waals surface area contributed by atoms with E-state index in [1.165, 1.54) is 0 Å². The van der Waals surface area contributed by atoms with E-state index < -0.39 is 0 Å². The second-order valence-electron chi connectivity index (χ2n) is 6.31. The molecule has 2 aromatic carbocycles. The van der Waals surface area contributed by atoms with Crippen LogP contribution >= 0.6 is 0 Å². The fourth-order valence-electron chi connectivity index (χ4n) is 3.21. The van der Waals surface area contributed by atoms with Crippen LogP contribution in [0.4, 0.5) is 5.69 Å². The maximum absolute atomic E-state index is 13.2. The van der Waals surface area contributed by atoms with Gasteiger partial charge in [-0.25, -0.2) is 0 Å². The molecule has 0 saturated carbocycles. The summed E-state index contributed by atoms with van der Waals surface area (Å²) in [5.41, 5.74) is 1.28. The molecule has 4 rings (SSSR count). The molecule has 4 aromatic rings. The number of fused-ring (bicyclic) bond motifs is 1. The van der Waals surface area contributed by atoms with Gasteiger partial charge in [0.2, 0.25) is 5.88 Å². The summed E-state index contributed by atoms with van der Waals surface area (Å²) < 4.78 is 7.44. The highest BCUT2D eigenvalue weighted by Gasteiger charge is 2.27. The lowest BCUT2D eigenvalue weighted by atomic mass is 10.1. The van der Waals surface area contributed by atoms with E-state index in [0.717, 1.165) is 16.5 Å². The van der Waals surface area contributed by atoms with Crippen molar-refractivity contribution in [2.45, 2.75) is 6.92 Å². The molecule has 1 amide bonds. The van der Waals surface area contributed by atoms with Crippen LogP contribution in [-0.2, 0) is 0 Å². The fourth-order valence-corrected chi connectivity index (χ4v) is 3.21. The first-order valence-corrected chi connectivity index (χ1v) is 8.54. The molecule has 0 aliphatic heterocycles. The van der Waals surface area contributed by atoms with Crippen LogP contribution in [0, 0.1) is 18.3 Å². The zero-order chi connectivity index (χ0) is 19.0. The Morgan fingerprint density at radius 3 is 2.48 bits per heavy atom. The highest BCUT2D eigenvalue weighted by Crippen LogP contribution is 2.29. The Hall–Kier alpha value is -3.78. The van der Waals surface area contributed by atoms with Crippen molar-refractivity contribution in [2.24, 2.45) is 0 Å². The number of furan rings is 1. The van der Waals surface area contributed by atoms with Crippen LogP contribution in [0.25, 0.3) is 16.7 Å². The zero-order valence-electron chi connectivity index (χ0n) is 15.0. The predicted molar refractivity (Wildman–Crippen MR) is 104 cm³/mol. The van der Waals surface area contributed by atoms with Gasteiger partial charge in [-0.2, -0.15) is 5.26 Å². The normalized spacial score (nSPS) is 10.7. The monoisotopic (exact) mass is 355 g/mol. The number of aryl methyl sites for hydroxylation is 1. The van der Waals surface area contributed by atoms with Gasteiger partial charge in [0.1, 0.15) is 23.0 Å². The summed E-state index contributed by atoms with van der Waals surface area (Å²) in [7, 11) is 1.70. The Morgan fingerprint density at radius 1 is 1.07 bits per heavy atom. The van der Waals surface area contributed by atoms with Crippen LogP contribution < -0.4 is 4.90 Å². The number of rotatable bonds is 3. The quantitative estimate of drug-likeness (QED) is 0.536. The number of amides is 1. The second-order valence-corrected chi connectivity index (χ2v) is 6.31. The number of carbonyl (C=O) groups is 1. The number of nitriles is 1. The summed E-state index contributed by atoms with van der Waals surface area (Å²) in [4.78, 5) is 14.7. The maximum Gasteiger partial charge on any atom is 0.262 e. The highest BCUT2D eigenvalue weighted by atomic mass is 16.4. The molecule has 0 spiro atoms. The lowest BCUT2D eigenvalue weighted by Gasteiger charge is -2.18. The molecule has 0 aliphatic rings. The Labute approximate surface area is 156 Å². The summed E-state index contributed by atoms with van der Waals surface area (Å²) in [6, 6.07) is 19.6.